The number of benzene rings is 3. The Morgan fingerprint density at radius 3 is 2.27 bits per heavy atom. The summed E-state index contributed by atoms with van der Waals surface area (Å²) in [6, 6.07) is 21.8. The van der Waals surface area contributed by atoms with Gasteiger partial charge in [0.15, 0.2) is 11.5 Å². The SMILES string of the molecule is COc1ccc(-c2nc(-c3cccc([N+](=O)[O-])c3)[nH]c2-c2ccccc2)cc1OC. The van der Waals surface area contributed by atoms with Crippen molar-refractivity contribution in [2.45, 2.75) is 0 Å². The predicted octanol–water partition coefficient (Wildman–Crippen LogP) is 5.34. The van der Waals surface area contributed by atoms with Gasteiger partial charge in [-0.15, -0.1) is 0 Å². The molecule has 3 aromatic carbocycles. The van der Waals surface area contributed by atoms with Crippen LogP contribution in [0.15, 0.2) is 72.8 Å². The molecular weight excluding hydrogens is 382 g/mol. The van der Waals surface area contributed by atoms with E-state index in [1.165, 1.54) is 12.1 Å². The number of aromatic amines is 1. The van der Waals surface area contributed by atoms with Gasteiger partial charge in [0.25, 0.3) is 5.69 Å². The number of nitro groups is 1. The van der Waals surface area contributed by atoms with E-state index < -0.39 is 4.92 Å². The minimum atomic E-state index is -0.417. The molecule has 0 saturated heterocycles. The molecule has 30 heavy (non-hydrogen) atoms. The topological polar surface area (TPSA) is 90.3 Å². The molecule has 4 rings (SSSR count). The number of methoxy groups -OCH3 is 2. The van der Waals surface area contributed by atoms with Crippen molar-refractivity contribution in [2.75, 3.05) is 14.2 Å². The summed E-state index contributed by atoms with van der Waals surface area (Å²) >= 11 is 0. The molecule has 0 aliphatic heterocycles. The highest BCUT2D eigenvalue weighted by Crippen LogP contribution is 2.37. The zero-order valence-corrected chi connectivity index (χ0v) is 16.5. The Hall–Kier alpha value is -4.13. The van der Waals surface area contributed by atoms with Crippen LogP contribution in [0.5, 0.6) is 11.5 Å². The molecule has 0 radical (unpaired) electrons. The summed E-state index contributed by atoms with van der Waals surface area (Å²) in [7, 11) is 3.17. The number of ether oxygens (including phenoxy) is 2. The first-order chi connectivity index (χ1) is 14.6. The summed E-state index contributed by atoms with van der Waals surface area (Å²) < 4.78 is 10.8. The Balaban J connectivity index is 1.90. The van der Waals surface area contributed by atoms with Gasteiger partial charge in [0.1, 0.15) is 5.82 Å². The number of H-pyrrole nitrogens is 1. The van der Waals surface area contributed by atoms with Crippen LogP contribution in [0.2, 0.25) is 0 Å². The third-order valence-electron chi connectivity index (χ3n) is 4.75. The van der Waals surface area contributed by atoms with Crippen molar-refractivity contribution in [1.29, 1.82) is 0 Å². The van der Waals surface area contributed by atoms with Crippen LogP contribution in [0.25, 0.3) is 33.9 Å². The van der Waals surface area contributed by atoms with E-state index >= 15 is 0 Å². The molecule has 7 nitrogen and oxygen atoms in total. The van der Waals surface area contributed by atoms with E-state index in [1.807, 2.05) is 48.5 Å². The van der Waals surface area contributed by atoms with Crippen LogP contribution in [-0.2, 0) is 0 Å². The van der Waals surface area contributed by atoms with Crippen molar-refractivity contribution in [2.24, 2.45) is 0 Å². The Labute approximate surface area is 173 Å². The maximum atomic E-state index is 11.2. The Morgan fingerprint density at radius 1 is 0.833 bits per heavy atom. The molecule has 0 atom stereocenters. The molecule has 0 aliphatic rings. The number of nitrogens with one attached hydrogen (secondary N) is 1. The van der Waals surface area contributed by atoms with Crippen molar-refractivity contribution in [3.05, 3.63) is 82.9 Å². The van der Waals surface area contributed by atoms with Gasteiger partial charge in [0.05, 0.1) is 30.5 Å². The minimum Gasteiger partial charge on any atom is -0.493 e. The number of hydrogen-bond acceptors (Lipinski definition) is 5. The molecular formula is C23H19N3O4. The normalized spacial score (nSPS) is 10.6. The average molecular weight is 401 g/mol. The molecule has 0 aliphatic carbocycles. The van der Waals surface area contributed by atoms with Crippen LogP contribution in [0.3, 0.4) is 0 Å². The number of aromatic nitrogens is 2. The fourth-order valence-corrected chi connectivity index (χ4v) is 3.28. The molecule has 1 aromatic heterocycles. The molecule has 1 heterocycles. The maximum absolute atomic E-state index is 11.2. The van der Waals surface area contributed by atoms with Gasteiger partial charge >= 0.3 is 0 Å². The Morgan fingerprint density at radius 2 is 1.57 bits per heavy atom. The van der Waals surface area contributed by atoms with E-state index in [-0.39, 0.29) is 5.69 Å². The van der Waals surface area contributed by atoms with Crippen molar-refractivity contribution in [3.63, 3.8) is 0 Å². The summed E-state index contributed by atoms with van der Waals surface area (Å²) in [5, 5.41) is 11.2. The number of nitro benzene ring substituents is 1. The highest BCUT2D eigenvalue weighted by atomic mass is 16.6. The van der Waals surface area contributed by atoms with Gasteiger partial charge in [-0.3, -0.25) is 10.1 Å². The fraction of sp³-hybridized carbons (Fsp3) is 0.0870. The Bertz CT molecular complexity index is 1200. The molecule has 0 bridgehead atoms. The second kappa shape index (κ2) is 8.08. The van der Waals surface area contributed by atoms with Gasteiger partial charge in [0.2, 0.25) is 0 Å². The third-order valence-corrected chi connectivity index (χ3v) is 4.75. The number of imidazole rings is 1. The number of nitrogens with zero attached hydrogens (tertiary/aromatic N) is 2. The molecule has 4 aromatic rings. The molecule has 0 fully saturated rings. The maximum Gasteiger partial charge on any atom is 0.270 e. The number of rotatable bonds is 6. The first kappa shape index (κ1) is 19.2. The smallest absolute Gasteiger partial charge is 0.270 e. The van der Waals surface area contributed by atoms with Gasteiger partial charge in [0, 0.05) is 28.8 Å². The van der Waals surface area contributed by atoms with E-state index in [1.54, 1.807) is 26.4 Å². The van der Waals surface area contributed by atoms with Crippen molar-refractivity contribution >= 4 is 5.69 Å². The summed E-state index contributed by atoms with van der Waals surface area (Å²) in [6.45, 7) is 0. The van der Waals surface area contributed by atoms with Crippen molar-refractivity contribution in [1.82, 2.24) is 9.97 Å². The van der Waals surface area contributed by atoms with Gasteiger partial charge < -0.3 is 14.5 Å². The summed E-state index contributed by atoms with van der Waals surface area (Å²) in [6.07, 6.45) is 0. The average Bonchev–Trinajstić information content (AvgIpc) is 3.25. The monoisotopic (exact) mass is 401 g/mol. The quantitative estimate of drug-likeness (QED) is 0.348. The van der Waals surface area contributed by atoms with E-state index in [0.29, 0.717) is 28.6 Å². The second-order valence-corrected chi connectivity index (χ2v) is 6.55. The first-order valence-electron chi connectivity index (χ1n) is 9.23. The van der Waals surface area contributed by atoms with Crippen molar-refractivity contribution < 1.29 is 14.4 Å². The second-order valence-electron chi connectivity index (χ2n) is 6.55. The molecule has 150 valence electrons. The number of non-ortho nitro benzene ring substituents is 1. The lowest BCUT2D eigenvalue weighted by Gasteiger charge is -2.09. The zero-order valence-electron chi connectivity index (χ0n) is 16.5. The van der Waals surface area contributed by atoms with Gasteiger partial charge in [-0.1, -0.05) is 42.5 Å². The Kier molecular flexibility index (Phi) is 5.17. The van der Waals surface area contributed by atoms with Crippen LogP contribution in [-0.4, -0.2) is 29.1 Å². The van der Waals surface area contributed by atoms with Crippen LogP contribution in [0.1, 0.15) is 0 Å². The van der Waals surface area contributed by atoms with Crippen LogP contribution in [0.4, 0.5) is 5.69 Å². The molecule has 1 N–H and O–H groups in total. The van der Waals surface area contributed by atoms with E-state index in [0.717, 1.165) is 16.8 Å². The number of hydrogen-bond donors (Lipinski definition) is 1. The zero-order chi connectivity index (χ0) is 21.1. The minimum absolute atomic E-state index is 0.0119. The highest BCUT2D eigenvalue weighted by Gasteiger charge is 2.18. The van der Waals surface area contributed by atoms with Crippen LogP contribution >= 0.6 is 0 Å². The lowest BCUT2D eigenvalue weighted by molar-refractivity contribution is -0.384. The summed E-state index contributed by atoms with van der Waals surface area (Å²) in [5.41, 5.74) is 3.95. The van der Waals surface area contributed by atoms with E-state index in [2.05, 4.69) is 4.98 Å². The summed E-state index contributed by atoms with van der Waals surface area (Å²) in [4.78, 5) is 18.9. The molecule has 7 heteroatoms. The highest BCUT2D eigenvalue weighted by molar-refractivity contribution is 5.82. The van der Waals surface area contributed by atoms with Crippen molar-refractivity contribution in [3.8, 4) is 45.4 Å². The third kappa shape index (κ3) is 3.60. The molecule has 0 amide bonds. The largest absolute Gasteiger partial charge is 0.493 e. The van der Waals surface area contributed by atoms with Gasteiger partial charge in [-0.2, -0.15) is 0 Å². The lowest BCUT2D eigenvalue weighted by Crippen LogP contribution is -1.91. The predicted molar refractivity (Wildman–Crippen MR) is 115 cm³/mol. The van der Waals surface area contributed by atoms with E-state index in [4.69, 9.17) is 14.5 Å². The lowest BCUT2D eigenvalue weighted by atomic mass is 10.0. The van der Waals surface area contributed by atoms with Gasteiger partial charge in [-0.25, -0.2) is 4.98 Å². The first-order valence-corrected chi connectivity index (χ1v) is 9.23. The summed E-state index contributed by atoms with van der Waals surface area (Å²) in [5.74, 6) is 1.76. The molecule has 0 spiro atoms. The molecule has 0 unspecified atom stereocenters. The standard InChI is InChI=1S/C23H19N3O4/c1-29-19-12-11-16(14-20(19)30-2)22-21(15-7-4-3-5-8-15)24-23(25-22)17-9-6-10-18(13-17)26(27)28/h3-14H,1-2H3,(H,24,25). The van der Waals surface area contributed by atoms with E-state index in [9.17, 15) is 10.1 Å². The fourth-order valence-electron chi connectivity index (χ4n) is 3.28. The van der Waals surface area contributed by atoms with Crippen LogP contribution < -0.4 is 9.47 Å². The molecule has 0 saturated carbocycles. The van der Waals surface area contributed by atoms with Crippen LogP contribution in [0, 0.1) is 10.1 Å². The van der Waals surface area contributed by atoms with Gasteiger partial charge in [-0.05, 0) is 18.2 Å².